The molecule has 0 bridgehead atoms. The van der Waals surface area contributed by atoms with Gasteiger partial charge in [0, 0.05) is 6.54 Å². The lowest BCUT2D eigenvalue weighted by atomic mass is 10.2. The number of nitrogens with one attached hydrogen (secondary N) is 1. The minimum atomic E-state index is 0.0774. The molecular formula is C9H14BrNO. The molecule has 0 aromatic heterocycles. The highest BCUT2D eigenvalue weighted by Gasteiger charge is 2.04. The zero-order valence-electron chi connectivity index (χ0n) is 7.11. The fourth-order valence-electron chi connectivity index (χ4n) is 1.37. The van der Waals surface area contributed by atoms with Gasteiger partial charge in [0.1, 0.15) is 0 Å². The maximum Gasteiger partial charge on any atom is 0.230 e. The average Bonchev–Trinajstić information content (AvgIpc) is 2.57. The average molecular weight is 232 g/mol. The Morgan fingerprint density at radius 2 is 2.50 bits per heavy atom. The number of hydrogen-bond donors (Lipinski definition) is 1. The minimum absolute atomic E-state index is 0.0774. The molecule has 3 heteroatoms. The van der Waals surface area contributed by atoms with Crippen LogP contribution in [-0.2, 0) is 4.79 Å². The summed E-state index contributed by atoms with van der Waals surface area (Å²) < 4.78 is 0. The van der Waals surface area contributed by atoms with Crippen LogP contribution in [0.25, 0.3) is 0 Å². The second-order valence-electron chi connectivity index (χ2n) is 2.99. The van der Waals surface area contributed by atoms with E-state index in [2.05, 4.69) is 27.3 Å². The van der Waals surface area contributed by atoms with Crippen molar-refractivity contribution in [2.24, 2.45) is 0 Å². The molecule has 1 amide bonds. The largest absolute Gasteiger partial charge is 0.355 e. The Labute approximate surface area is 81.5 Å². The van der Waals surface area contributed by atoms with Crippen molar-refractivity contribution < 1.29 is 4.79 Å². The molecule has 1 N–H and O–H groups in total. The molecule has 0 aliphatic heterocycles. The third kappa shape index (κ3) is 3.39. The highest BCUT2D eigenvalue weighted by Crippen LogP contribution is 2.19. The van der Waals surface area contributed by atoms with Gasteiger partial charge in [0.05, 0.1) is 5.33 Å². The Hall–Kier alpha value is -0.310. The lowest BCUT2D eigenvalue weighted by Crippen LogP contribution is -2.25. The van der Waals surface area contributed by atoms with Gasteiger partial charge in [-0.05, 0) is 25.7 Å². The topological polar surface area (TPSA) is 29.1 Å². The number of allylic oxidation sites excluding steroid dienone is 1. The van der Waals surface area contributed by atoms with Crippen molar-refractivity contribution in [3.05, 3.63) is 11.6 Å². The summed E-state index contributed by atoms with van der Waals surface area (Å²) in [4.78, 5) is 10.8. The summed E-state index contributed by atoms with van der Waals surface area (Å²) in [6, 6.07) is 0. The van der Waals surface area contributed by atoms with E-state index >= 15 is 0 Å². The number of amides is 1. The first-order valence-corrected chi connectivity index (χ1v) is 5.45. The van der Waals surface area contributed by atoms with Gasteiger partial charge in [0.2, 0.25) is 5.91 Å². The highest BCUT2D eigenvalue weighted by atomic mass is 79.9. The SMILES string of the molecule is O=C(CBr)NCCC1=CCCC1. The smallest absolute Gasteiger partial charge is 0.230 e. The Kier molecular flexibility index (Phi) is 4.36. The number of hydrogen-bond acceptors (Lipinski definition) is 1. The molecule has 0 aromatic rings. The Bertz CT molecular complexity index is 189. The quantitative estimate of drug-likeness (QED) is 0.583. The molecule has 0 spiro atoms. The third-order valence-electron chi connectivity index (χ3n) is 2.02. The number of carbonyl (C=O) groups excluding carboxylic acids is 1. The van der Waals surface area contributed by atoms with Crippen molar-refractivity contribution in [3.8, 4) is 0 Å². The van der Waals surface area contributed by atoms with Crippen molar-refractivity contribution >= 4 is 21.8 Å². The van der Waals surface area contributed by atoms with E-state index in [-0.39, 0.29) is 5.91 Å². The molecule has 2 nitrogen and oxygen atoms in total. The molecule has 0 radical (unpaired) electrons. The minimum Gasteiger partial charge on any atom is -0.355 e. The first-order valence-electron chi connectivity index (χ1n) is 4.33. The fourth-order valence-corrected chi connectivity index (χ4v) is 1.57. The lowest BCUT2D eigenvalue weighted by Gasteiger charge is -2.02. The van der Waals surface area contributed by atoms with Gasteiger partial charge < -0.3 is 5.32 Å². The van der Waals surface area contributed by atoms with E-state index in [0.29, 0.717) is 5.33 Å². The summed E-state index contributed by atoms with van der Waals surface area (Å²) in [6.45, 7) is 0.788. The second-order valence-corrected chi connectivity index (χ2v) is 3.55. The number of carbonyl (C=O) groups is 1. The Balaban J connectivity index is 2.05. The lowest BCUT2D eigenvalue weighted by molar-refractivity contribution is -0.118. The molecule has 0 atom stereocenters. The first-order chi connectivity index (χ1) is 5.83. The summed E-state index contributed by atoms with van der Waals surface area (Å²) in [7, 11) is 0. The van der Waals surface area contributed by atoms with Gasteiger partial charge in [-0.25, -0.2) is 0 Å². The maximum absolute atomic E-state index is 10.8. The van der Waals surface area contributed by atoms with Gasteiger partial charge in [0.25, 0.3) is 0 Å². The van der Waals surface area contributed by atoms with Crippen molar-refractivity contribution in [1.82, 2.24) is 5.32 Å². The van der Waals surface area contributed by atoms with Crippen LogP contribution in [0.3, 0.4) is 0 Å². The Morgan fingerprint density at radius 3 is 3.08 bits per heavy atom. The van der Waals surface area contributed by atoms with Crippen LogP contribution in [0.2, 0.25) is 0 Å². The molecule has 0 saturated carbocycles. The third-order valence-corrected chi connectivity index (χ3v) is 2.53. The van der Waals surface area contributed by atoms with E-state index in [4.69, 9.17) is 0 Å². The van der Waals surface area contributed by atoms with E-state index in [1.165, 1.54) is 24.8 Å². The molecule has 0 saturated heterocycles. The van der Waals surface area contributed by atoms with Gasteiger partial charge in [-0.3, -0.25) is 4.79 Å². The van der Waals surface area contributed by atoms with Crippen LogP contribution in [-0.4, -0.2) is 17.8 Å². The summed E-state index contributed by atoms with van der Waals surface area (Å²) in [5.74, 6) is 0.0774. The number of alkyl halides is 1. The van der Waals surface area contributed by atoms with Gasteiger partial charge in [-0.1, -0.05) is 27.6 Å². The summed E-state index contributed by atoms with van der Waals surface area (Å²) in [5.41, 5.74) is 1.50. The van der Waals surface area contributed by atoms with E-state index < -0.39 is 0 Å². The van der Waals surface area contributed by atoms with Crippen molar-refractivity contribution in [2.45, 2.75) is 25.7 Å². The zero-order valence-corrected chi connectivity index (χ0v) is 8.69. The van der Waals surface area contributed by atoms with Crippen molar-refractivity contribution in [3.63, 3.8) is 0 Å². The molecule has 0 aromatic carbocycles. The van der Waals surface area contributed by atoms with Crippen LogP contribution in [0.1, 0.15) is 25.7 Å². The Morgan fingerprint density at radius 1 is 1.67 bits per heavy atom. The van der Waals surface area contributed by atoms with Crippen LogP contribution in [0.4, 0.5) is 0 Å². The first kappa shape index (κ1) is 9.78. The number of halogens is 1. The summed E-state index contributed by atoms with van der Waals surface area (Å²) in [5, 5.41) is 3.24. The predicted octanol–water partition coefficient (Wildman–Crippen LogP) is 2.00. The van der Waals surface area contributed by atoms with Gasteiger partial charge in [-0.15, -0.1) is 0 Å². The van der Waals surface area contributed by atoms with E-state index in [9.17, 15) is 4.79 Å². The maximum atomic E-state index is 10.8. The van der Waals surface area contributed by atoms with Crippen LogP contribution >= 0.6 is 15.9 Å². The molecule has 68 valence electrons. The van der Waals surface area contributed by atoms with E-state index in [1.54, 1.807) is 0 Å². The highest BCUT2D eigenvalue weighted by molar-refractivity contribution is 9.09. The zero-order chi connectivity index (χ0) is 8.81. The van der Waals surface area contributed by atoms with Crippen molar-refractivity contribution in [1.29, 1.82) is 0 Å². The van der Waals surface area contributed by atoms with Crippen molar-refractivity contribution in [2.75, 3.05) is 11.9 Å². The monoisotopic (exact) mass is 231 g/mol. The molecule has 0 heterocycles. The van der Waals surface area contributed by atoms with Gasteiger partial charge in [-0.2, -0.15) is 0 Å². The van der Waals surface area contributed by atoms with Gasteiger partial charge in [0.15, 0.2) is 0 Å². The van der Waals surface area contributed by atoms with E-state index in [1.807, 2.05) is 0 Å². The van der Waals surface area contributed by atoms with Crippen LogP contribution < -0.4 is 5.32 Å². The molecule has 1 rings (SSSR count). The van der Waals surface area contributed by atoms with Crippen LogP contribution in [0.15, 0.2) is 11.6 Å². The second kappa shape index (κ2) is 5.36. The predicted molar refractivity (Wildman–Crippen MR) is 53.4 cm³/mol. The van der Waals surface area contributed by atoms with Crippen LogP contribution in [0.5, 0.6) is 0 Å². The van der Waals surface area contributed by atoms with Crippen LogP contribution in [0, 0.1) is 0 Å². The molecule has 1 aliphatic rings. The van der Waals surface area contributed by atoms with E-state index in [0.717, 1.165) is 13.0 Å². The molecular weight excluding hydrogens is 218 g/mol. The molecule has 1 aliphatic carbocycles. The summed E-state index contributed by atoms with van der Waals surface area (Å²) in [6.07, 6.45) is 7.06. The number of rotatable bonds is 4. The molecule has 0 fully saturated rings. The summed E-state index contributed by atoms with van der Waals surface area (Å²) >= 11 is 3.10. The molecule has 12 heavy (non-hydrogen) atoms. The normalized spacial score (nSPS) is 15.9. The molecule has 0 unspecified atom stereocenters. The van der Waals surface area contributed by atoms with Gasteiger partial charge >= 0.3 is 0 Å². The fraction of sp³-hybridized carbons (Fsp3) is 0.667. The standard InChI is InChI=1S/C9H14BrNO/c10-7-9(12)11-6-5-8-3-1-2-4-8/h3H,1-2,4-7H2,(H,11,12).